The average molecular weight is 641 g/mol. The van der Waals surface area contributed by atoms with Gasteiger partial charge in [-0.1, -0.05) is 140 Å². The van der Waals surface area contributed by atoms with Gasteiger partial charge in [-0.2, -0.15) is 0 Å². The van der Waals surface area contributed by atoms with E-state index in [4.69, 9.17) is 18.8 Å². The predicted molar refractivity (Wildman–Crippen MR) is 204 cm³/mol. The third-order valence-corrected chi connectivity index (χ3v) is 9.51. The van der Waals surface area contributed by atoms with Crippen LogP contribution in [0.2, 0.25) is 0 Å². The molecule has 0 radical (unpaired) electrons. The molecule has 3 aromatic heterocycles. The topological polar surface area (TPSA) is 52.1 Å². The van der Waals surface area contributed by atoms with Crippen molar-refractivity contribution in [3.05, 3.63) is 170 Å². The van der Waals surface area contributed by atoms with E-state index in [1.54, 1.807) is 0 Å². The zero-order valence-corrected chi connectivity index (χ0v) is 26.9. The Hall–Kier alpha value is -6.78. The highest BCUT2D eigenvalue weighted by Gasteiger charge is 2.16. The Balaban J connectivity index is 1.12. The number of furan rings is 2. The van der Waals surface area contributed by atoms with Crippen LogP contribution in [0, 0.1) is 0 Å². The van der Waals surface area contributed by atoms with Crippen LogP contribution in [0.5, 0.6) is 0 Å². The molecular formula is C46H28N2O2. The molecule has 10 aromatic rings. The molecule has 0 atom stereocenters. The third kappa shape index (κ3) is 4.69. The average Bonchev–Trinajstić information content (AvgIpc) is 3.77. The van der Waals surface area contributed by atoms with Crippen LogP contribution in [0.3, 0.4) is 0 Å². The fourth-order valence-electron chi connectivity index (χ4n) is 7.10. The van der Waals surface area contributed by atoms with Crippen LogP contribution in [0.25, 0.3) is 100 Å². The van der Waals surface area contributed by atoms with Crippen molar-refractivity contribution in [3.8, 4) is 56.2 Å². The van der Waals surface area contributed by atoms with Crippen molar-refractivity contribution in [2.24, 2.45) is 0 Å². The summed E-state index contributed by atoms with van der Waals surface area (Å²) in [6.07, 6.45) is 0. The molecule has 0 saturated carbocycles. The molecule has 234 valence electrons. The quantitative estimate of drug-likeness (QED) is 0.188. The van der Waals surface area contributed by atoms with Gasteiger partial charge in [0, 0.05) is 49.4 Å². The summed E-state index contributed by atoms with van der Waals surface area (Å²) in [5.74, 6) is 0.657. The van der Waals surface area contributed by atoms with Crippen molar-refractivity contribution in [1.29, 1.82) is 0 Å². The normalized spacial score (nSPS) is 11.6. The Labute approximate surface area is 287 Å². The summed E-state index contributed by atoms with van der Waals surface area (Å²) in [5, 5.41) is 4.44. The number of benzene rings is 7. The van der Waals surface area contributed by atoms with Crippen molar-refractivity contribution >= 4 is 43.9 Å². The molecule has 50 heavy (non-hydrogen) atoms. The first-order valence-corrected chi connectivity index (χ1v) is 16.7. The Morgan fingerprint density at radius 3 is 1.38 bits per heavy atom. The zero-order chi connectivity index (χ0) is 33.0. The van der Waals surface area contributed by atoms with E-state index in [0.29, 0.717) is 5.82 Å². The van der Waals surface area contributed by atoms with Gasteiger partial charge < -0.3 is 8.83 Å². The molecule has 0 fully saturated rings. The van der Waals surface area contributed by atoms with Crippen molar-refractivity contribution < 1.29 is 8.83 Å². The van der Waals surface area contributed by atoms with Gasteiger partial charge in [-0.15, -0.1) is 0 Å². The number of fused-ring (bicyclic) bond motifs is 6. The number of nitrogens with zero attached hydrogens (tertiary/aromatic N) is 2. The van der Waals surface area contributed by atoms with Gasteiger partial charge in [-0.25, -0.2) is 9.97 Å². The molecule has 0 amide bonds. The molecule has 7 aromatic carbocycles. The van der Waals surface area contributed by atoms with Gasteiger partial charge in [-0.05, 0) is 41.5 Å². The van der Waals surface area contributed by atoms with Gasteiger partial charge in [0.1, 0.15) is 22.3 Å². The Morgan fingerprint density at radius 2 is 0.760 bits per heavy atom. The second kappa shape index (κ2) is 11.4. The van der Waals surface area contributed by atoms with E-state index in [-0.39, 0.29) is 0 Å². The lowest BCUT2D eigenvalue weighted by Gasteiger charge is -2.12. The lowest BCUT2D eigenvalue weighted by Crippen LogP contribution is -1.96. The van der Waals surface area contributed by atoms with E-state index in [2.05, 4.69) is 121 Å². The highest BCUT2D eigenvalue weighted by atomic mass is 16.3. The first kappa shape index (κ1) is 28.3. The maximum absolute atomic E-state index is 6.40. The third-order valence-electron chi connectivity index (χ3n) is 9.51. The Bertz CT molecular complexity index is 2710. The minimum atomic E-state index is 0.657. The molecule has 10 rings (SSSR count). The SMILES string of the molecule is c1ccc(-c2cc(-c3cccc(-c4cccc5c4oc4ccccc45)c3)nc(-c3cccc(-c4cccc5c4oc4ccccc45)c3)n2)cc1. The van der Waals surface area contributed by atoms with Crippen LogP contribution in [0.4, 0.5) is 0 Å². The fraction of sp³-hybridized carbons (Fsp3) is 0. The van der Waals surface area contributed by atoms with Gasteiger partial charge >= 0.3 is 0 Å². The van der Waals surface area contributed by atoms with E-state index < -0.39 is 0 Å². The molecule has 0 N–H and O–H groups in total. The minimum Gasteiger partial charge on any atom is -0.455 e. The predicted octanol–water partition coefficient (Wildman–Crippen LogP) is 12.6. The van der Waals surface area contributed by atoms with Crippen molar-refractivity contribution in [2.45, 2.75) is 0 Å². The molecule has 0 aliphatic carbocycles. The molecule has 0 spiro atoms. The number of rotatable bonds is 5. The van der Waals surface area contributed by atoms with Crippen LogP contribution in [0.15, 0.2) is 179 Å². The molecule has 0 bridgehead atoms. The van der Waals surface area contributed by atoms with Crippen LogP contribution >= 0.6 is 0 Å². The largest absolute Gasteiger partial charge is 0.455 e. The first-order valence-electron chi connectivity index (χ1n) is 16.7. The number of hydrogen-bond donors (Lipinski definition) is 0. The smallest absolute Gasteiger partial charge is 0.160 e. The maximum Gasteiger partial charge on any atom is 0.160 e. The standard InChI is InChI=1S/C46H28N2O2/c1-2-12-29(13-3-1)40-28-41(32-16-8-14-30(26-32)34-20-10-22-38-36-18-4-6-24-42(36)49-44(34)38)48-46(47-40)33-17-9-15-31(27-33)35-21-11-23-39-37-19-5-7-25-43(37)50-45(35)39/h1-28H. The Kier molecular flexibility index (Phi) is 6.46. The number of hydrogen-bond acceptors (Lipinski definition) is 4. The molecule has 4 heteroatoms. The van der Waals surface area contributed by atoms with E-state index in [0.717, 1.165) is 94.2 Å². The van der Waals surface area contributed by atoms with Crippen LogP contribution < -0.4 is 0 Å². The monoisotopic (exact) mass is 640 g/mol. The highest BCUT2D eigenvalue weighted by molar-refractivity contribution is 6.10. The maximum atomic E-state index is 6.40. The highest BCUT2D eigenvalue weighted by Crippen LogP contribution is 2.39. The van der Waals surface area contributed by atoms with Crippen LogP contribution in [-0.4, -0.2) is 9.97 Å². The molecule has 0 aliphatic rings. The van der Waals surface area contributed by atoms with E-state index in [9.17, 15) is 0 Å². The van der Waals surface area contributed by atoms with Crippen LogP contribution in [0.1, 0.15) is 0 Å². The summed E-state index contributed by atoms with van der Waals surface area (Å²) < 4.78 is 12.8. The second-order valence-electron chi connectivity index (χ2n) is 12.6. The van der Waals surface area contributed by atoms with Gasteiger partial charge in [-0.3, -0.25) is 0 Å². The van der Waals surface area contributed by atoms with Gasteiger partial charge in [0.25, 0.3) is 0 Å². The van der Waals surface area contributed by atoms with Crippen LogP contribution in [-0.2, 0) is 0 Å². The van der Waals surface area contributed by atoms with Crippen molar-refractivity contribution in [3.63, 3.8) is 0 Å². The molecule has 4 nitrogen and oxygen atoms in total. The summed E-state index contributed by atoms with van der Waals surface area (Å²) in [7, 11) is 0. The minimum absolute atomic E-state index is 0.657. The van der Waals surface area contributed by atoms with Gasteiger partial charge in [0.15, 0.2) is 5.82 Å². The summed E-state index contributed by atoms with van der Waals surface area (Å²) in [4.78, 5) is 10.3. The second-order valence-corrected chi connectivity index (χ2v) is 12.6. The lowest BCUT2D eigenvalue weighted by molar-refractivity contribution is 0.669. The number of para-hydroxylation sites is 4. The van der Waals surface area contributed by atoms with Crippen molar-refractivity contribution in [2.75, 3.05) is 0 Å². The van der Waals surface area contributed by atoms with E-state index in [1.807, 2.05) is 48.5 Å². The lowest BCUT2D eigenvalue weighted by atomic mass is 9.98. The molecule has 3 heterocycles. The van der Waals surface area contributed by atoms with Crippen molar-refractivity contribution in [1.82, 2.24) is 9.97 Å². The Morgan fingerprint density at radius 1 is 0.320 bits per heavy atom. The summed E-state index contributed by atoms with van der Waals surface area (Å²) >= 11 is 0. The number of aromatic nitrogens is 2. The fourth-order valence-corrected chi connectivity index (χ4v) is 7.10. The summed E-state index contributed by atoms with van der Waals surface area (Å²) in [5.41, 5.74) is 12.4. The molecule has 0 saturated heterocycles. The zero-order valence-electron chi connectivity index (χ0n) is 26.9. The molecule has 0 unspecified atom stereocenters. The van der Waals surface area contributed by atoms with E-state index >= 15 is 0 Å². The molecule has 0 aliphatic heterocycles. The summed E-state index contributed by atoms with van der Waals surface area (Å²) in [6.45, 7) is 0. The summed E-state index contributed by atoms with van der Waals surface area (Å²) in [6, 6.07) is 58.4. The van der Waals surface area contributed by atoms with Gasteiger partial charge in [0.05, 0.1) is 11.4 Å². The first-order chi connectivity index (χ1) is 24.8. The van der Waals surface area contributed by atoms with Gasteiger partial charge in [0.2, 0.25) is 0 Å². The van der Waals surface area contributed by atoms with E-state index in [1.165, 1.54) is 0 Å². The molecular weight excluding hydrogens is 613 g/mol.